The lowest BCUT2D eigenvalue weighted by Gasteiger charge is -2.52. The van der Waals surface area contributed by atoms with Gasteiger partial charge in [-0.05, 0) is 38.0 Å². The number of carbonyl (C=O) groups is 1. The molecule has 0 aromatic heterocycles. The fraction of sp³-hybridized carbons (Fsp3) is 0.769. The molecular formula is C13H20O. The minimum Gasteiger partial charge on any atom is -0.303 e. The maximum atomic E-state index is 11.2. The van der Waals surface area contributed by atoms with Gasteiger partial charge in [0.2, 0.25) is 0 Å². The Bertz CT molecular complexity index is 277. The van der Waals surface area contributed by atoms with E-state index in [0.717, 1.165) is 6.42 Å². The molecule has 0 heterocycles. The fourth-order valence-electron chi connectivity index (χ4n) is 3.76. The molecule has 3 aliphatic rings. The van der Waals surface area contributed by atoms with Gasteiger partial charge >= 0.3 is 0 Å². The zero-order chi connectivity index (χ0) is 10.3. The molecule has 0 aromatic rings. The molecule has 0 spiro atoms. The first-order valence-electron chi connectivity index (χ1n) is 5.75. The van der Waals surface area contributed by atoms with E-state index in [4.69, 9.17) is 0 Å². The maximum absolute atomic E-state index is 11.2. The van der Waals surface area contributed by atoms with Crippen LogP contribution >= 0.6 is 0 Å². The highest BCUT2D eigenvalue weighted by molar-refractivity contribution is 5.58. The van der Waals surface area contributed by atoms with Crippen LogP contribution in [-0.2, 0) is 4.79 Å². The van der Waals surface area contributed by atoms with E-state index in [9.17, 15) is 4.79 Å². The summed E-state index contributed by atoms with van der Waals surface area (Å²) in [5.74, 6) is 1.56. The number of carbonyl (C=O) groups excluding carboxylic acids is 1. The Morgan fingerprint density at radius 2 is 2.29 bits per heavy atom. The van der Waals surface area contributed by atoms with E-state index in [1.807, 2.05) is 0 Å². The lowest BCUT2D eigenvalue weighted by molar-refractivity contribution is -0.118. The molecule has 0 N–H and O–H groups in total. The first-order valence-corrected chi connectivity index (χ1v) is 5.75. The van der Waals surface area contributed by atoms with E-state index >= 15 is 0 Å². The number of aldehydes is 1. The summed E-state index contributed by atoms with van der Waals surface area (Å²) in [6.45, 7) is 6.75. The third-order valence-electron chi connectivity index (χ3n) is 4.56. The van der Waals surface area contributed by atoms with E-state index in [1.54, 1.807) is 0 Å². The number of allylic oxidation sites excluding steroid dienone is 2. The first kappa shape index (κ1) is 9.95. The van der Waals surface area contributed by atoms with Gasteiger partial charge in [0.05, 0.1) is 0 Å². The second-order valence-corrected chi connectivity index (χ2v) is 5.32. The van der Waals surface area contributed by atoms with E-state index in [1.165, 1.54) is 24.7 Å². The van der Waals surface area contributed by atoms with E-state index in [0.29, 0.717) is 11.8 Å². The second kappa shape index (κ2) is 3.22. The molecule has 0 aliphatic heterocycles. The molecule has 3 unspecified atom stereocenters. The molecule has 2 bridgehead atoms. The van der Waals surface area contributed by atoms with E-state index < -0.39 is 0 Å². The third kappa shape index (κ3) is 1.11. The molecule has 1 heteroatoms. The normalized spacial score (nSPS) is 41.3. The van der Waals surface area contributed by atoms with Crippen molar-refractivity contribution in [1.82, 2.24) is 0 Å². The van der Waals surface area contributed by atoms with E-state index in [2.05, 4.69) is 26.8 Å². The van der Waals surface area contributed by atoms with Crippen LogP contribution in [0.2, 0.25) is 0 Å². The molecule has 78 valence electrons. The molecule has 1 nitrogen and oxygen atoms in total. The average molecular weight is 192 g/mol. The van der Waals surface area contributed by atoms with Crippen molar-refractivity contribution in [3.05, 3.63) is 11.6 Å². The second-order valence-electron chi connectivity index (χ2n) is 5.32. The molecule has 0 aromatic carbocycles. The molecule has 0 amide bonds. The van der Waals surface area contributed by atoms with Crippen LogP contribution in [0.4, 0.5) is 0 Å². The minimum absolute atomic E-state index is 0.205. The summed E-state index contributed by atoms with van der Waals surface area (Å²) in [5, 5.41) is 0. The largest absolute Gasteiger partial charge is 0.303 e. The third-order valence-corrected chi connectivity index (χ3v) is 4.56. The summed E-state index contributed by atoms with van der Waals surface area (Å²) < 4.78 is 0. The van der Waals surface area contributed by atoms with Crippen LogP contribution in [-0.4, -0.2) is 6.29 Å². The topological polar surface area (TPSA) is 17.1 Å². The molecule has 14 heavy (non-hydrogen) atoms. The molecule has 1 fully saturated rings. The summed E-state index contributed by atoms with van der Waals surface area (Å²) in [6.07, 6.45) is 7.24. The molecule has 1 saturated carbocycles. The Labute approximate surface area is 86.6 Å². The molecule has 3 aliphatic carbocycles. The quantitative estimate of drug-likeness (QED) is 0.485. The Morgan fingerprint density at radius 3 is 2.71 bits per heavy atom. The summed E-state index contributed by atoms with van der Waals surface area (Å²) in [7, 11) is 0. The highest BCUT2D eigenvalue weighted by Crippen LogP contribution is 2.56. The van der Waals surface area contributed by atoms with Crippen molar-refractivity contribution >= 4 is 6.29 Å². The zero-order valence-electron chi connectivity index (χ0n) is 9.42. The van der Waals surface area contributed by atoms with Crippen molar-refractivity contribution in [2.24, 2.45) is 23.2 Å². The molecule has 3 atom stereocenters. The van der Waals surface area contributed by atoms with Crippen LogP contribution in [0.25, 0.3) is 0 Å². The van der Waals surface area contributed by atoms with Crippen LogP contribution in [0.5, 0.6) is 0 Å². The fourth-order valence-corrected chi connectivity index (χ4v) is 3.76. The molecule has 0 saturated heterocycles. The van der Waals surface area contributed by atoms with Crippen LogP contribution < -0.4 is 0 Å². The summed E-state index contributed by atoms with van der Waals surface area (Å²) >= 11 is 0. The van der Waals surface area contributed by atoms with Crippen molar-refractivity contribution in [2.75, 3.05) is 0 Å². The summed E-state index contributed by atoms with van der Waals surface area (Å²) in [6, 6.07) is 0. The maximum Gasteiger partial charge on any atom is 0.123 e. The van der Waals surface area contributed by atoms with Gasteiger partial charge in [0.25, 0.3) is 0 Å². The highest BCUT2D eigenvalue weighted by Gasteiger charge is 2.49. The van der Waals surface area contributed by atoms with Crippen LogP contribution in [0.15, 0.2) is 11.6 Å². The van der Waals surface area contributed by atoms with Gasteiger partial charge < -0.3 is 4.79 Å². The summed E-state index contributed by atoms with van der Waals surface area (Å²) in [4.78, 5) is 11.2. The molecule has 0 radical (unpaired) electrons. The van der Waals surface area contributed by atoms with Crippen LogP contribution in [0.1, 0.15) is 40.0 Å². The van der Waals surface area contributed by atoms with Gasteiger partial charge in [-0.2, -0.15) is 0 Å². The van der Waals surface area contributed by atoms with Crippen molar-refractivity contribution < 1.29 is 4.79 Å². The predicted octanol–water partition coefficient (Wildman–Crippen LogP) is 3.20. The van der Waals surface area contributed by atoms with Gasteiger partial charge in [-0.3, -0.25) is 0 Å². The van der Waals surface area contributed by atoms with Crippen LogP contribution in [0.3, 0.4) is 0 Å². The molecular weight excluding hydrogens is 172 g/mol. The number of hydrogen-bond donors (Lipinski definition) is 0. The van der Waals surface area contributed by atoms with Gasteiger partial charge in [-0.25, -0.2) is 0 Å². The highest BCUT2D eigenvalue weighted by atomic mass is 16.1. The summed E-state index contributed by atoms with van der Waals surface area (Å²) in [5.41, 5.74) is 1.68. The predicted molar refractivity (Wildman–Crippen MR) is 57.9 cm³/mol. The van der Waals surface area contributed by atoms with Crippen LogP contribution in [0, 0.1) is 23.2 Å². The van der Waals surface area contributed by atoms with Gasteiger partial charge in [0.15, 0.2) is 0 Å². The lowest BCUT2D eigenvalue weighted by atomic mass is 9.52. The van der Waals surface area contributed by atoms with Gasteiger partial charge in [-0.15, -0.1) is 0 Å². The minimum atomic E-state index is 0.205. The van der Waals surface area contributed by atoms with Gasteiger partial charge in [-0.1, -0.05) is 25.5 Å². The number of hydrogen-bond acceptors (Lipinski definition) is 1. The average Bonchev–Trinajstić information content (AvgIpc) is 2.17. The molecule has 3 rings (SSSR count). The van der Waals surface area contributed by atoms with Gasteiger partial charge in [0, 0.05) is 11.3 Å². The number of rotatable bonds is 2. The Morgan fingerprint density at radius 1 is 1.57 bits per heavy atom. The number of fused-ring (bicyclic) bond motifs is 2. The first-order chi connectivity index (χ1) is 6.61. The smallest absolute Gasteiger partial charge is 0.123 e. The van der Waals surface area contributed by atoms with Crippen molar-refractivity contribution in [1.29, 1.82) is 0 Å². The van der Waals surface area contributed by atoms with Crippen molar-refractivity contribution in [3.8, 4) is 0 Å². The lowest BCUT2D eigenvalue weighted by Crippen LogP contribution is -2.45. The Hall–Kier alpha value is -0.590. The Balaban J connectivity index is 2.44. The van der Waals surface area contributed by atoms with Crippen molar-refractivity contribution in [3.63, 3.8) is 0 Å². The Kier molecular flexibility index (Phi) is 2.29. The zero-order valence-corrected chi connectivity index (χ0v) is 9.42. The SMILES string of the molecule is CC1=CC2CCC1(C(C)C)C(C=O)C2. The van der Waals surface area contributed by atoms with Crippen molar-refractivity contribution in [2.45, 2.75) is 40.0 Å². The monoisotopic (exact) mass is 192 g/mol. The van der Waals surface area contributed by atoms with Gasteiger partial charge in [0.1, 0.15) is 6.29 Å². The van der Waals surface area contributed by atoms with E-state index in [-0.39, 0.29) is 11.3 Å². The standard InChI is InChI=1S/C13H20O/c1-9(2)13-5-4-11(6-10(13)3)7-12(13)8-14/h6,8-9,11-12H,4-5,7H2,1-3H3.